The smallest absolute Gasteiger partial charge is 0.405 e. The van der Waals surface area contributed by atoms with Crippen LogP contribution in [0.5, 0.6) is 5.75 Å². The van der Waals surface area contributed by atoms with E-state index in [4.69, 9.17) is 0 Å². The molecule has 198 valence electrons. The third kappa shape index (κ3) is 6.15. The van der Waals surface area contributed by atoms with E-state index in [1.54, 1.807) is 23.9 Å². The van der Waals surface area contributed by atoms with Crippen molar-refractivity contribution in [3.63, 3.8) is 0 Å². The number of rotatable bonds is 9. The predicted molar refractivity (Wildman–Crippen MR) is 140 cm³/mol. The number of carbonyl (C=O) groups is 1. The molecule has 0 radical (unpaired) electrons. The molecule has 1 aliphatic rings. The molecule has 0 aliphatic heterocycles. The molecule has 0 bridgehead atoms. The number of thioether (sulfide) groups is 1. The summed E-state index contributed by atoms with van der Waals surface area (Å²) >= 11 is 1.76. The molecule has 38 heavy (non-hydrogen) atoms. The third-order valence-electron chi connectivity index (χ3n) is 6.41. The van der Waals surface area contributed by atoms with Crippen LogP contribution in [0.2, 0.25) is 0 Å². The fraction of sp³-hybridized carbons (Fsp3) is 0.276. The van der Waals surface area contributed by atoms with Crippen molar-refractivity contribution in [3.8, 4) is 5.75 Å². The van der Waals surface area contributed by atoms with E-state index in [1.165, 1.54) is 11.0 Å². The number of ether oxygens (including phenoxy) is 1. The minimum atomic E-state index is -4.93. The van der Waals surface area contributed by atoms with E-state index in [9.17, 15) is 22.4 Å². The molecular weight excluding hydrogens is 516 g/mol. The van der Waals surface area contributed by atoms with Crippen LogP contribution >= 0.6 is 11.8 Å². The van der Waals surface area contributed by atoms with Gasteiger partial charge >= 0.3 is 6.36 Å². The van der Waals surface area contributed by atoms with Crippen LogP contribution in [0.3, 0.4) is 0 Å². The first kappa shape index (κ1) is 26.2. The zero-order valence-electron chi connectivity index (χ0n) is 20.6. The molecule has 1 saturated carbocycles. The Hall–Kier alpha value is -3.46. The Morgan fingerprint density at radius 3 is 2.50 bits per heavy atom. The fourth-order valence-corrected chi connectivity index (χ4v) is 5.24. The fourth-order valence-electron chi connectivity index (χ4n) is 4.58. The first-order valence-corrected chi connectivity index (χ1v) is 13.4. The van der Waals surface area contributed by atoms with Gasteiger partial charge in [-0.05, 0) is 66.6 Å². The lowest BCUT2D eigenvalue weighted by Gasteiger charge is -2.15. The van der Waals surface area contributed by atoms with Gasteiger partial charge in [0.2, 0.25) is 0 Å². The first-order chi connectivity index (χ1) is 18.2. The van der Waals surface area contributed by atoms with Crippen molar-refractivity contribution in [3.05, 3.63) is 94.9 Å². The number of hydrogen-bond acceptors (Lipinski definition) is 3. The molecular formula is C29H26F4N2O2S. The van der Waals surface area contributed by atoms with Crippen LogP contribution in [-0.2, 0) is 13.0 Å². The molecule has 0 saturated heterocycles. The number of alkyl halides is 3. The Balaban J connectivity index is 1.38. The molecule has 1 N–H and O–H groups in total. The highest BCUT2D eigenvalue weighted by atomic mass is 32.2. The van der Waals surface area contributed by atoms with Gasteiger partial charge in [0, 0.05) is 57.7 Å². The Kier molecular flexibility index (Phi) is 7.38. The molecule has 0 spiro atoms. The number of hydrogen-bond donors (Lipinski definition) is 1. The predicted octanol–water partition coefficient (Wildman–Crippen LogP) is 7.65. The molecule has 1 amide bonds. The SMILES string of the molecule is CCSc1ccc(CNC(=O)c2ccc3c(c2)cc(Cc2ccc(F)cc2OC(F)(F)F)n3C2CC2)cc1. The van der Waals surface area contributed by atoms with Gasteiger partial charge in [0.25, 0.3) is 5.91 Å². The maximum atomic E-state index is 13.7. The van der Waals surface area contributed by atoms with Crippen LogP contribution in [0.15, 0.2) is 71.6 Å². The van der Waals surface area contributed by atoms with Gasteiger partial charge < -0.3 is 14.6 Å². The van der Waals surface area contributed by atoms with Crippen molar-refractivity contribution < 1.29 is 27.1 Å². The van der Waals surface area contributed by atoms with Crippen LogP contribution in [0, 0.1) is 5.82 Å². The summed E-state index contributed by atoms with van der Waals surface area (Å²) in [4.78, 5) is 14.1. The number of nitrogens with zero attached hydrogens (tertiary/aromatic N) is 1. The highest BCUT2D eigenvalue weighted by molar-refractivity contribution is 7.99. The standard InChI is InChI=1S/C29H26F4N2O2S/c1-2-38-25-10-3-18(4-11-25)17-34-28(36)20-6-12-26-21(13-20)15-24(35(26)23-8-9-23)14-19-5-7-22(30)16-27(19)37-29(31,32)33/h3-7,10-13,15-16,23H,2,8-9,14,17H2,1H3,(H,34,36). The van der Waals surface area contributed by atoms with Crippen molar-refractivity contribution in [2.45, 2.75) is 50.0 Å². The average molecular weight is 543 g/mol. The van der Waals surface area contributed by atoms with E-state index in [2.05, 4.69) is 21.5 Å². The molecule has 1 aromatic heterocycles. The number of halogens is 4. The van der Waals surface area contributed by atoms with Gasteiger partial charge in [-0.15, -0.1) is 24.9 Å². The minimum absolute atomic E-state index is 0.130. The van der Waals surface area contributed by atoms with Gasteiger partial charge in [-0.2, -0.15) is 0 Å². The summed E-state index contributed by atoms with van der Waals surface area (Å²) in [5.41, 5.74) is 3.42. The van der Waals surface area contributed by atoms with Crippen molar-refractivity contribution in [1.29, 1.82) is 0 Å². The van der Waals surface area contributed by atoms with Gasteiger partial charge in [-0.3, -0.25) is 4.79 Å². The second-order valence-corrected chi connectivity index (χ2v) is 10.6. The maximum absolute atomic E-state index is 13.7. The largest absolute Gasteiger partial charge is 0.573 e. The first-order valence-electron chi connectivity index (χ1n) is 12.4. The lowest BCUT2D eigenvalue weighted by Crippen LogP contribution is -2.22. The minimum Gasteiger partial charge on any atom is -0.405 e. The van der Waals surface area contributed by atoms with E-state index in [-0.39, 0.29) is 23.9 Å². The summed E-state index contributed by atoms with van der Waals surface area (Å²) in [6, 6.07) is 18.8. The molecule has 4 nitrogen and oxygen atoms in total. The van der Waals surface area contributed by atoms with Crippen LogP contribution in [0.1, 0.15) is 53.0 Å². The molecule has 4 aromatic rings. The summed E-state index contributed by atoms with van der Waals surface area (Å²) in [6.45, 7) is 2.49. The zero-order chi connectivity index (χ0) is 26.9. The molecule has 1 aliphatic carbocycles. The lowest BCUT2D eigenvalue weighted by atomic mass is 10.1. The number of fused-ring (bicyclic) bond motifs is 1. The Labute approximate surface area is 222 Å². The summed E-state index contributed by atoms with van der Waals surface area (Å²) in [5, 5.41) is 3.77. The monoisotopic (exact) mass is 542 g/mol. The molecule has 0 atom stereocenters. The molecule has 3 aromatic carbocycles. The Bertz CT molecular complexity index is 1460. The van der Waals surface area contributed by atoms with Gasteiger partial charge in [-0.1, -0.05) is 25.1 Å². The van der Waals surface area contributed by atoms with E-state index in [0.29, 0.717) is 12.1 Å². The lowest BCUT2D eigenvalue weighted by molar-refractivity contribution is -0.274. The molecule has 1 heterocycles. The third-order valence-corrected chi connectivity index (χ3v) is 7.30. The topological polar surface area (TPSA) is 43.3 Å². The van der Waals surface area contributed by atoms with Crippen molar-refractivity contribution in [2.75, 3.05) is 5.75 Å². The van der Waals surface area contributed by atoms with Crippen molar-refractivity contribution in [1.82, 2.24) is 9.88 Å². The van der Waals surface area contributed by atoms with Gasteiger partial charge in [0.05, 0.1) is 0 Å². The Morgan fingerprint density at radius 1 is 1.05 bits per heavy atom. The summed E-state index contributed by atoms with van der Waals surface area (Å²) in [7, 11) is 0. The highest BCUT2D eigenvalue weighted by Gasteiger charge is 2.33. The van der Waals surface area contributed by atoms with E-state index in [0.717, 1.165) is 52.9 Å². The number of benzene rings is 3. The number of amides is 1. The Morgan fingerprint density at radius 2 is 1.82 bits per heavy atom. The molecule has 5 rings (SSSR count). The second kappa shape index (κ2) is 10.7. The normalized spacial score (nSPS) is 13.6. The highest BCUT2D eigenvalue weighted by Crippen LogP contribution is 2.41. The average Bonchev–Trinajstić information content (AvgIpc) is 3.64. The number of aromatic nitrogens is 1. The maximum Gasteiger partial charge on any atom is 0.573 e. The molecule has 0 unspecified atom stereocenters. The van der Waals surface area contributed by atoms with Gasteiger partial charge in [-0.25, -0.2) is 4.39 Å². The van der Waals surface area contributed by atoms with Crippen molar-refractivity contribution >= 4 is 28.6 Å². The van der Waals surface area contributed by atoms with Crippen molar-refractivity contribution in [2.24, 2.45) is 0 Å². The second-order valence-electron chi connectivity index (χ2n) is 9.25. The molecule has 9 heteroatoms. The van der Waals surface area contributed by atoms with E-state index < -0.39 is 17.9 Å². The summed E-state index contributed by atoms with van der Waals surface area (Å²) in [5.74, 6) is -0.567. The molecule has 1 fully saturated rings. The zero-order valence-corrected chi connectivity index (χ0v) is 21.5. The summed E-state index contributed by atoms with van der Waals surface area (Å²) in [6.07, 6.45) is -2.87. The van der Waals surface area contributed by atoms with Crippen LogP contribution < -0.4 is 10.1 Å². The number of nitrogens with one attached hydrogen (secondary N) is 1. The van der Waals surface area contributed by atoms with Crippen LogP contribution in [0.25, 0.3) is 10.9 Å². The van der Waals surface area contributed by atoms with Gasteiger partial charge in [0.15, 0.2) is 0 Å². The van der Waals surface area contributed by atoms with Crippen LogP contribution in [-0.4, -0.2) is 22.6 Å². The quantitative estimate of drug-likeness (QED) is 0.175. The van der Waals surface area contributed by atoms with Gasteiger partial charge in [0.1, 0.15) is 11.6 Å². The number of carbonyl (C=O) groups excluding carboxylic acids is 1. The van der Waals surface area contributed by atoms with E-state index in [1.807, 2.05) is 36.4 Å². The summed E-state index contributed by atoms with van der Waals surface area (Å²) < 4.78 is 58.7. The van der Waals surface area contributed by atoms with E-state index >= 15 is 0 Å². The van der Waals surface area contributed by atoms with Crippen LogP contribution in [0.4, 0.5) is 17.6 Å².